The van der Waals surface area contributed by atoms with Crippen molar-refractivity contribution in [2.45, 2.75) is 50.1 Å². The molecule has 1 fully saturated rings. The van der Waals surface area contributed by atoms with E-state index in [1.54, 1.807) is 12.1 Å². The summed E-state index contributed by atoms with van der Waals surface area (Å²) in [6.45, 7) is 2.79. The van der Waals surface area contributed by atoms with Gasteiger partial charge in [-0.1, -0.05) is 31.0 Å². The van der Waals surface area contributed by atoms with Crippen LogP contribution in [0.15, 0.2) is 52.2 Å². The number of aromatic nitrogens is 1. The van der Waals surface area contributed by atoms with Crippen LogP contribution in [0.5, 0.6) is 11.5 Å². The number of rotatable bonds is 5. The molecular weight excluding hydrogens is 428 g/mol. The first-order valence-corrected chi connectivity index (χ1v) is 12.4. The number of hydrogen-bond acceptors (Lipinski definition) is 5. The molecule has 0 bridgehead atoms. The van der Waals surface area contributed by atoms with E-state index in [2.05, 4.69) is 4.98 Å². The quantitative estimate of drug-likeness (QED) is 0.634. The molecule has 0 amide bonds. The lowest BCUT2D eigenvalue weighted by atomic mass is 10.1. The van der Waals surface area contributed by atoms with Gasteiger partial charge in [-0.3, -0.25) is 4.79 Å². The van der Waals surface area contributed by atoms with Crippen LogP contribution >= 0.6 is 0 Å². The molecule has 2 aromatic carbocycles. The van der Waals surface area contributed by atoms with Crippen molar-refractivity contribution in [1.82, 2.24) is 9.29 Å². The molecule has 7 nitrogen and oxygen atoms in total. The van der Waals surface area contributed by atoms with Crippen LogP contribution in [-0.2, 0) is 16.6 Å². The highest BCUT2D eigenvalue weighted by Gasteiger charge is 2.34. The Bertz CT molecular complexity index is 1330. The van der Waals surface area contributed by atoms with Gasteiger partial charge < -0.3 is 14.5 Å². The summed E-state index contributed by atoms with van der Waals surface area (Å²) < 4.78 is 40.1. The Morgan fingerprint density at radius 1 is 1.03 bits per heavy atom. The van der Waals surface area contributed by atoms with E-state index in [1.165, 1.54) is 10.4 Å². The van der Waals surface area contributed by atoms with E-state index in [-0.39, 0.29) is 23.0 Å². The fourth-order valence-electron chi connectivity index (χ4n) is 4.64. The van der Waals surface area contributed by atoms with Gasteiger partial charge in [-0.2, -0.15) is 4.31 Å². The van der Waals surface area contributed by atoms with Crippen molar-refractivity contribution in [2.75, 3.05) is 13.2 Å². The Balaban J connectivity index is 1.56. The van der Waals surface area contributed by atoms with E-state index in [4.69, 9.17) is 9.47 Å². The summed E-state index contributed by atoms with van der Waals surface area (Å²) in [5, 5.41) is 0.891. The SMILES string of the molecule is Cc1cccc2cc(CN(C3CCCC3)S(=O)(=O)c3ccc4c(c3)OCCO4)c(=O)[nH]c12. The average Bonchev–Trinajstić information content (AvgIpc) is 3.32. The Kier molecular flexibility index (Phi) is 5.43. The largest absolute Gasteiger partial charge is 0.486 e. The molecule has 0 spiro atoms. The van der Waals surface area contributed by atoms with Crippen molar-refractivity contribution in [2.24, 2.45) is 0 Å². The molecule has 168 valence electrons. The van der Waals surface area contributed by atoms with Gasteiger partial charge in [0.1, 0.15) is 13.2 Å². The topological polar surface area (TPSA) is 88.7 Å². The monoisotopic (exact) mass is 454 g/mol. The maximum atomic E-state index is 13.8. The Morgan fingerprint density at radius 2 is 1.78 bits per heavy atom. The lowest BCUT2D eigenvalue weighted by molar-refractivity contribution is 0.171. The summed E-state index contributed by atoms with van der Waals surface area (Å²) in [4.78, 5) is 16.0. The van der Waals surface area contributed by atoms with Crippen molar-refractivity contribution >= 4 is 20.9 Å². The molecule has 0 unspecified atom stereocenters. The van der Waals surface area contributed by atoms with Crippen LogP contribution in [0.25, 0.3) is 10.9 Å². The number of ether oxygens (including phenoxy) is 2. The van der Waals surface area contributed by atoms with Crippen LogP contribution in [0.4, 0.5) is 0 Å². The molecule has 0 radical (unpaired) electrons. The van der Waals surface area contributed by atoms with Gasteiger partial charge in [-0.05, 0) is 48.9 Å². The van der Waals surface area contributed by atoms with E-state index in [9.17, 15) is 13.2 Å². The first kappa shape index (κ1) is 21.0. The molecule has 2 aliphatic rings. The lowest BCUT2D eigenvalue weighted by Crippen LogP contribution is -2.39. The number of aryl methyl sites for hydroxylation is 1. The summed E-state index contributed by atoms with van der Waals surface area (Å²) >= 11 is 0. The van der Waals surface area contributed by atoms with Crippen LogP contribution in [0.1, 0.15) is 36.8 Å². The summed E-state index contributed by atoms with van der Waals surface area (Å²) in [6.07, 6.45) is 3.53. The number of para-hydroxylation sites is 1. The fraction of sp³-hybridized carbons (Fsp3) is 0.375. The smallest absolute Gasteiger partial charge is 0.252 e. The molecule has 0 saturated heterocycles. The van der Waals surface area contributed by atoms with Gasteiger partial charge in [0, 0.05) is 24.2 Å². The first-order valence-electron chi connectivity index (χ1n) is 11.0. The Labute approximate surface area is 187 Å². The maximum absolute atomic E-state index is 13.8. The minimum atomic E-state index is -3.85. The molecule has 32 heavy (non-hydrogen) atoms. The average molecular weight is 455 g/mol. The number of benzene rings is 2. The van der Waals surface area contributed by atoms with Gasteiger partial charge in [-0.15, -0.1) is 0 Å². The van der Waals surface area contributed by atoms with E-state index >= 15 is 0 Å². The number of hydrogen-bond donors (Lipinski definition) is 1. The second kappa shape index (κ2) is 8.26. The van der Waals surface area contributed by atoms with Crippen LogP contribution < -0.4 is 15.0 Å². The second-order valence-electron chi connectivity index (χ2n) is 8.46. The lowest BCUT2D eigenvalue weighted by Gasteiger charge is -2.28. The molecule has 1 saturated carbocycles. The molecule has 1 aliphatic heterocycles. The number of H-pyrrole nitrogens is 1. The van der Waals surface area contributed by atoms with Gasteiger partial charge in [0.15, 0.2) is 11.5 Å². The zero-order valence-corrected chi connectivity index (χ0v) is 18.8. The number of aromatic amines is 1. The van der Waals surface area contributed by atoms with Crippen LogP contribution in [0.2, 0.25) is 0 Å². The van der Waals surface area contributed by atoms with Gasteiger partial charge in [0.05, 0.1) is 10.4 Å². The van der Waals surface area contributed by atoms with E-state index in [1.807, 2.05) is 31.2 Å². The van der Waals surface area contributed by atoms with Crippen molar-refractivity contribution < 1.29 is 17.9 Å². The number of pyridine rings is 1. The molecule has 5 rings (SSSR count). The van der Waals surface area contributed by atoms with Crippen molar-refractivity contribution in [1.29, 1.82) is 0 Å². The standard InChI is InChI=1S/C24H26N2O5S/c1-16-5-4-6-17-13-18(24(27)25-23(16)17)15-26(19-7-2-3-8-19)32(28,29)20-9-10-21-22(14-20)31-12-11-30-21/h4-6,9-10,13-14,19H,2-3,7-8,11-12,15H2,1H3,(H,25,27). The third-order valence-electron chi connectivity index (χ3n) is 6.34. The zero-order valence-electron chi connectivity index (χ0n) is 18.0. The number of sulfonamides is 1. The van der Waals surface area contributed by atoms with Crippen molar-refractivity contribution in [3.8, 4) is 11.5 Å². The summed E-state index contributed by atoms with van der Waals surface area (Å²) in [5.74, 6) is 0.978. The predicted octanol–water partition coefficient (Wildman–Crippen LogP) is 3.74. The van der Waals surface area contributed by atoms with E-state index in [0.717, 1.165) is 42.1 Å². The van der Waals surface area contributed by atoms with Gasteiger partial charge in [-0.25, -0.2) is 8.42 Å². The summed E-state index contributed by atoms with van der Waals surface area (Å²) in [5.41, 5.74) is 1.94. The summed E-state index contributed by atoms with van der Waals surface area (Å²) in [6, 6.07) is 12.2. The third-order valence-corrected chi connectivity index (χ3v) is 8.24. The van der Waals surface area contributed by atoms with Gasteiger partial charge in [0.25, 0.3) is 5.56 Å². The minimum absolute atomic E-state index is 0.0284. The van der Waals surface area contributed by atoms with E-state index in [0.29, 0.717) is 30.3 Å². The van der Waals surface area contributed by atoms with E-state index < -0.39 is 10.0 Å². The number of fused-ring (bicyclic) bond motifs is 2. The highest BCUT2D eigenvalue weighted by Crippen LogP contribution is 2.35. The predicted molar refractivity (Wildman–Crippen MR) is 122 cm³/mol. The zero-order chi connectivity index (χ0) is 22.3. The highest BCUT2D eigenvalue weighted by molar-refractivity contribution is 7.89. The second-order valence-corrected chi connectivity index (χ2v) is 10.3. The normalized spacial score (nSPS) is 16.7. The summed E-state index contributed by atoms with van der Waals surface area (Å²) in [7, 11) is -3.85. The van der Waals surface area contributed by atoms with Gasteiger partial charge >= 0.3 is 0 Å². The van der Waals surface area contributed by atoms with Crippen LogP contribution in [0.3, 0.4) is 0 Å². The molecule has 3 aromatic rings. The molecule has 8 heteroatoms. The van der Waals surface area contributed by atoms with Gasteiger partial charge in [0.2, 0.25) is 10.0 Å². The number of nitrogens with one attached hydrogen (secondary N) is 1. The molecular formula is C24H26N2O5S. The van der Waals surface area contributed by atoms with Crippen molar-refractivity contribution in [3.05, 3.63) is 63.9 Å². The van der Waals surface area contributed by atoms with Crippen LogP contribution in [-0.4, -0.2) is 37.0 Å². The molecule has 2 heterocycles. The molecule has 1 aliphatic carbocycles. The van der Waals surface area contributed by atoms with Crippen LogP contribution in [0, 0.1) is 6.92 Å². The van der Waals surface area contributed by atoms with Crippen molar-refractivity contribution in [3.63, 3.8) is 0 Å². The minimum Gasteiger partial charge on any atom is -0.486 e. The molecule has 1 aromatic heterocycles. The highest BCUT2D eigenvalue weighted by atomic mass is 32.2. The molecule has 1 N–H and O–H groups in total. The Morgan fingerprint density at radius 3 is 2.56 bits per heavy atom. The third kappa shape index (κ3) is 3.78. The Hall–Kier alpha value is -2.84. The molecule has 0 atom stereocenters. The fourth-order valence-corrected chi connectivity index (χ4v) is 6.32. The maximum Gasteiger partial charge on any atom is 0.252 e. The number of nitrogens with zero attached hydrogens (tertiary/aromatic N) is 1. The first-order chi connectivity index (χ1) is 15.4.